The Bertz CT molecular complexity index is 166. The molecule has 0 spiro atoms. The van der Waals surface area contributed by atoms with E-state index in [0.717, 1.165) is 5.92 Å². The first-order valence-electron chi connectivity index (χ1n) is 8.06. The third-order valence-electron chi connectivity index (χ3n) is 4.11. The van der Waals surface area contributed by atoms with Crippen LogP contribution in [0.25, 0.3) is 0 Å². The smallest absolute Gasteiger partial charge is 0.0234 e. The second-order valence-electron chi connectivity index (χ2n) is 5.75. The molecule has 1 rings (SSSR count). The molecule has 100 valence electrons. The molecule has 1 saturated carbocycles. The van der Waals surface area contributed by atoms with E-state index in [4.69, 9.17) is 0 Å². The minimum Gasteiger partial charge on any atom is -0.0914 e. The van der Waals surface area contributed by atoms with Crippen LogP contribution in [0.2, 0.25) is 0 Å². The molecule has 0 aromatic rings. The zero-order valence-electron chi connectivity index (χ0n) is 11.9. The minimum absolute atomic E-state index is 0.878. The molecule has 0 heteroatoms. The summed E-state index contributed by atoms with van der Waals surface area (Å²) in [6.07, 6.45) is 23.8. The second-order valence-corrected chi connectivity index (χ2v) is 5.75. The molecular formula is C17H32. The Balaban J connectivity index is 2.24. The van der Waals surface area contributed by atoms with Crippen molar-refractivity contribution >= 4 is 0 Å². The zero-order valence-corrected chi connectivity index (χ0v) is 11.9. The van der Waals surface area contributed by atoms with Crippen LogP contribution < -0.4 is 0 Å². The average Bonchev–Trinajstić information content (AvgIpc) is 2.34. The molecule has 0 amide bonds. The molecule has 0 heterocycles. The van der Waals surface area contributed by atoms with Gasteiger partial charge >= 0.3 is 0 Å². The quantitative estimate of drug-likeness (QED) is 0.471. The third-order valence-corrected chi connectivity index (χ3v) is 4.11. The summed E-state index contributed by atoms with van der Waals surface area (Å²) in [5.74, 6) is 0.878. The molecular weight excluding hydrogens is 204 g/mol. The summed E-state index contributed by atoms with van der Waals surface area (Å²) in [5.41, 5.74) is 0. The number of allylic oxidation sites excluding steroid dienone is 2. The molecule has 0 radical (unpaired) electrons. The van der Waals surface area contributed by atoms with Crippen molar-refractivity contribution in [1.82, 2.24) is 0 Å². The van der Waals surface area contributed by atoms with Crippen LogP contribution in [0.4, 0.5) is 0 Å². The molecule has 0 aliphatic heterocycles. The van der Waals surface area contributed by atoms with Crippen molar-refractivity contribution in [2.24, 2.45) is 5.92 Å². The molecule has 0 saturated heterocycles. The second kappa shape index (κ2) is 10.9. The molecule has 0 aromatic heterocycles. The van der Waals surface area contributed by atoms with Gasteiger partial charge in [0.2, 0.25) is 0 Å². The molecule has 1 aliphatic rings. The molecule has 17 heavy (non-hydrogen) atoms. The number of rotatable bonds is 1. The van der Waals surface area contributed by atoms with E-state index >= 15 is 0 Å². The van der Waals surface area contributed by atoms with E-state index in [1.54, 1.807) is 0 Å². The molecule has 1 fully saturated rings. The first kappa shape index (κ1) is 14.8. The summed E-state index contributed by atoms with van der Waals surface area (Å²) >= 11 is 0. The van der Waals surface area contributed by atoms with Gasteiger partial charge in [-0.2, -0.15) is 0 Å². The normalized spacial score (nSPS) is 23.6. The lowest BCUT2D eigenvalue weighted by molar-refractivity contribution is 0.453. The lowest BCUT2D eigenvalue weighted by atomic mass is 9.93. The zero-order chi connectivity index (χ0) is 12.2. The van der Waals surface area contributed by atoms with Crippen LogP contribution >= 0.6 is 0 Å². The molecule has 0 unspecified atom stereocenters. The van der Waals surface area contributed by atoms with Gasteiger partial charge < -0.3 is 0 Å². The topological polar surface area (TPSA) is 0 Å². The van der Waals surface area contributed by atoms with Crippen LogP contribution in [0.5, 0.6) is 0 Å². The SMILES string of the molecule is CC=CC1CCCCCCCCCCCCC1. The van der Waals surface area contributed by atoms with Crippen molar-refractivity contribution in [3.63, 3.8) is 0 Å². The van der Waals surface area contributed by atoms with Gasteiger partial charge in [-0.15, -0.1) is 0 Å². The third kappa shape index (κ3) is 8.46. The summed E-state index contributed by atoms with van der Waals surface area (Å²) in [5, 5.41) is 0. The predicted molar refractivity (Wildman–Crippen MR) is 78.3 cm³/mol. The van der Waals surface area contributed by atoms with Gasteiger partial charge in [0, 0.05) is 0 Å². The van der Waals surface area contributed by atoms with E-state index in [1.807, 2.05) is 0 Å². The number of hydrogen-bond donors (Lipinski definition) is 0. The first-order valence-corrected chi connectivity index (χ1v) is 8.06. The maximum absolute atomic E-state index is 2.45. The Morgan fingerprint density at radius 2 is 0.941 bits per heavy atom. The highest BCUT2D eigenvalue weighted by atomic mass is 14.1. The fourth-order valence-corrected chi connectivity index (χ4v) is 3.01. The highest BCUT2D eigenvalue weighted by molar-refractivity contribution is 4.85. The minimum atomic E-state index is 0.878. The largest absolute Gasteiger partial charge is 0.0914 e. The van der Waals surface area contributed by atoms with E-state index in [1.165, 1.54) is 83.5 Å². The van der Waals surface area contributed by atoms with Crippen molar-refractivity contribution in [2.75, 3.05) is 0 Å². The van der Waals surface area contributed by atoms with Crippen LogP contribution in [-0.4, -0.2) is 0 Å². The molecule has 0 bridgehead atoms. The van der Waals surface area contributed by atoms with Crippen LogP contribution in [0, 0.1) is 5.92 Å². The molecule has 0 N–H and O–H groups in total. The summed E-state index contributed by atoms with van der Waals surface area (Å²) in [6.45, 7) is 2.17. The van der Waals surface area contributed by atoms with Crippen LogP contribution in [0.1, 0.15) is 90.4 Å². The van der Waals surface area contributed by atoms with E-state index in [9.17, 15) is 0 Å². The maximum Gasteiger partial charge on any atom is -0.0234 e. The van der Waals surface area contributed by atoms with Crippen molar-refractivity contribution < 1.29 is 0 Å². The van der Waals surface area contributed by atoms with Crippen molar-refractivity contribution in [2.45, 2.75) is 90.4 Å². The van der Waals surface area contributed by atoms with Gasteiger partial charge in [-0.25, -0.2) is 0 Å². The van der Waals surface area contributed by atoms with Gasteiger partial charge in [0.05, 0.1) is 0 Å². The van der Waals surface area contributed by atoms with Crippen molar-refractivity contribution in [3.05, 3.63) is 12.2 Å². The first-order chi connectivity index (χ1) is 8.43. The summed E-state index contributed by atoms with van der Waals surface area (Å²) in [7, 11) is 0. The van der Waals surface area contributed by atoms with Gasteiger partial charge in [-0.05, 0) is 25.7 Å². The van der Waals surface area contributed by atoms with Crippen molar-refractivity contribution in [3.8, 4) is 0 Å². The molecule has 0 nitrogen and oxygen atoms in total. The molecule has 1 aliphatic carbocycles. The highest BCUT2D eigenvalue weighted by Gasteiger charge is 2.05. The average molecular weight is 236 g/mol. The summed E-state index contributed by atoms with van der Waals surface area (Å²) < 4.78 is 0. The standard InChI is InChI=1S/C17H32/c1-2-14-17-15-12-10-8-6-4-3-5-7-9-11-13-16-17/h2,14,17H,3-13,15-16H2,1H3. The Morgan fingerprint density at radius 1 is 0.588 bits per heavy atom. The van der Waals surface area contributed by atoms with Crippen molar-refractivity contribution in [1.29, 1.82) is 0 Å². The fraction of sp³-hybridized carbons (Fsp3) is 0.882. The Labute approximate surface area is 109 Å². The summed E-state index contributed by atoms with van der Waals surface area (Å²) in [4.78, 5) is 0. The Morgan fingerprint density at radius 3 is 1.29 bits per heavy atom. The summed E-state index contributed by atoms with van der Waals surface area (Å²) in [6, 6.07) is 0. The van der Waals surface area contributed by atoms with Gasteiger partial charge in [0.1, 0.15) is 0 Å². The number of hydrogen-bond acceptors (Lipinski definition) is 0. The Hall–Kier alpha value is -0.260. The van der Waals surface area contributed by atoms with Crippen LogP contribution in [-0.2, 0) is 0 Å². The van der Waals surface area contributed by atoms with E-state index in [0.29, 0.717) is 0 Å². The maximum atomic E-state index is 2.45. The Kier molecular flexibility index (Phi) is 9.46. The van der Waals surface area contributed by atoms with Crippen LogP contribution in [0.3, 0.4) is 0 Å². The lowest BCUT2D eigenvalue weighted by Crippen LogP contribution is -1.97. The molecule has 0 atom stereocenters. The molecule has 0 aromatic carbocycles. The highest BCUT2D eigenvalue weighted by Crippen LogP contribution is 2.21. The van der Waals surface area contributed by atoms with E-state index in [2.05, 4.69) is 19.1 Å². The lowest BCUT2D eigenvalue weighted by Gasteiger charge is -2.13. The van der Waals surface area contributed by atoms with Gasteiger partial charge in [-0.3, -0.25) is 0 Å². The predicted octanol–water partition coefficient (Wildman–Crippen LogP) is 6.26. The fourth-order valence-electron chi connectivity index (χ4n) is 3.01. The van der Waals surface area contributed by atoms with Gasteiger partial charge in [0.15, 0.2) is 0 Å². The van der Waals surface area contributed by atoms with Crippen LogP contribution in [0.15, 0.2) is 12.2 Å². The van der Waals surface area contributed by atoms with Gasteiger partial charge in [0.25, 0.3) is 0 Å². The van der Waals surface area contributed by atoms with E-state index in [-0.39, 0.29) is 0 Å². The monoisotopic (exact) mass is 236 g/mol. The van der Waals surface area contributed by atoms with E-state index < -0.39 is 0 Å². The van der Waals surface area contributed by atoms with Gasteiger partial charge in [-0.1, -0.05) is 82.8 Å².